The summed E-state index contributed by atoms with van der Waals surface area (Å²) in [6.45, 7) is 13.9. The van der Waals surface area contributed by atoms with Crippen LogP contribution in [0.2, 0.25) is 0 Å². The van der Waals surface area contributed by atoms with Crippen molar-refractivity contribution in [2.24, 2.45) is 0 Å². The van der Waals surface area contributed by atoms with Crippen molar-refractivity contribution in [2.45, 2.75) is 54.9 Å². The summed E-state index contributed by atoms with van der Waals surface area (Å²) >= 11 is 0. The molecule has 0 aliphatic rings. The van der Waals surface area contributed by atoms with E-state index < -0.39 is 0 Å². The second-order valence-corrected chi connectivity index (χ2v) is 1.83. The van der Waals surface area contributed by atoms with E-state index in [4.69, 9.17) is 5.73 Å². The van der Waals surface area contributed by atoms with E-state index >= 15 is 0 Å². The van der Waals surface area contributed by atoms with E-state index in [-0.39, 0.29) is 18.6 Å². The first kappa shape index (κ1) is 22.7. The summed E-state index contributed by atoms with van der Waals surface area (Å²) in [4.78, 5) is 0. The van der Waals surface area contributed by atoms with Crippen LogP contribution in [0.25, 0.3) is 5.73 Å². The van der Waals surface area contributed by atoms with Crippen LogP contribution in [-0.2, 0) is 18.6 Å². The van der Waals surface area contributed by atoms with Gasteiger partial charge in [0.1, 0.15) is 0 Å². The van der Waals surface area contributed by atoms with Crippen LogP contribution in [0.5, 0.6) is 0 Å². The molecule has 0 fully saturated rings. The van der Waals surface area contributed by atoms with E-state index in [0.29, 0.717) is 0 Å². The van der Waals surface area contributed by atoms with E-state index in [0.717, 1.165) is 17.7 Å². The first-order chi connectivity index (χ1) is 5.18. The molecular weight excluding hydrogens is 185 g/mol. The molecule has 0 aromatic carbocycles. The molecule has 1 N–H and O–H groups in total. The minimum atomic E-state index is 0. The van der Waals surface area contributed by atoms with Gasteiger partial charge in [0.05, 0.1) is 0 Å². The first-order valence-corrected chi connectivity index (χ1v) is 4.56. The van der Waals surface area contributed by atoms with Crippen molar-refractivity contribution in [2.75, 3.05) is 0 Å². The molecule has 75 valence electrons. The maximum Gasteiger partial charge on any atom is 0 e. The molecule has 1 nitrogen and oxygen atoms in total. The maximum absolute atomic E-state index is 7.16. The number of allylic oxidation sites excluding steroid dienone is 2. The normalized spacial score (nSPS) is 5.92. The van der Waals surface area contributed by atoms with Gasteiger partial charge in [-0.3, -0.25) is 0 Å². The zero-order chi connectivity index (χ0) is 9.86. The number of rotatable bonds is 1. The van der Waals surface area contributed by atoms with Gasteiger partial charge < -0.3 is 5.73 Å². The Morgan fingerprint density at radius 2 is 1.25 bits per heavy atom. The molecule has 0 unspecified atom stereocenters. The second-order valence-electron chi connectivity index (χ2n) is 1.83. The largest absolute Gasteiger partial charge is 0.702 e. The van der Waals surface area contributed by atoms with Gasteiger partial charge in [-0.1, -0.05) is 46.6 Å². The summed E-state index contributed by atoms with van der Waals surface area (Å²) in [5, 5.41) is 0. The molecule has 0 heterocycles. The van der Waals surface area contributed by atoms with Crippen molar-refractivity contribution < 1.29 is 18.6 Å². The molecule has 0 amide bonds. The number of hydrogen-bond donors (Lipinski definition) is 0. The average molecular weight is 209 g/mol. The summed E-state index contributed by atoms with van der Waals surface area (Å²) in [6.07, 6.45) is 0.863. The van der Waals surface area contributed by atoms with Gasteiger partial charge in [-0.2, -0.15) is 5.70 Å². The fourth-order valence-electron chi connectivity index (χ4n) is 0.354. The summed E-state index contributed by atoms with van der Waals surface area (Å²) < 4.78 is 0. The van der Waals surface area contributed by atoms with Crippen LogP contribution in [0.4, 0.5) is 0 Å². The Kier molecular flexibility index (Phi) is 42.6. The second kappa shape index (κ2) is 22.5. The zero-order valence-electron chi connectivity index (χ0n) is 9.65. The van der Waals surface area contributed by atoms with Gasteiger partial charge in [-0.05, 0) is 13.8 Å². The molecule has 1 radical (unpaired) electrons. The summed E-state index contributed by atoms with van der Waals surface area (Å²) in [5.41, 5.74) is 9.05. The molecule has 12 heavy (non-hydrogen) atoms. The van der Waals surface area contributed by atoms with Crippen LogP contribution in [0.3, 0.4) is 0 Å². The number of hydrogen-bond acceptors (Lipinski definition) is 0. The third-order valence-electron chi connectivity index (χ3n) is 0.957. The molecule has 0 atom stereocenters. The summed E-state index contributed by atoms with van der Waals surface area (Å²) in [5.74, 6) is 0. The predicted molar refractivity (Wildman–Crippen MR) is 55.7 cm³/mol. The van der Waals surface area contributed by atoms with Crippen LogP contribution in [0.15, 0.2) is 11.3 Å². The predicted octanol–water partition coefficient (Wildman–Crippen LogP) is 4.79. The molecule has 0 saturated heterocycles. The molecule has 0 aromatic heterocycles. The van der Waals surface area contributed by atoms with Gasteiger partial charge in [0.25, 0.3) is 0 Å². The molecule has 0 bridgehead atoms. The quantitative estimate of drug-likeness (QED) is 0.592. The Morgan fingerprint density at radius 1 is 1.00 bits per heavy atom. The Hall–Kier alpha value is 0.124. The standard InChI is InChI=1S/C6H12N.2C2H6.V/c1-4-6(7)5(2)3;2*1-2;/h7H,4H2,1-3H3;2*1-2H3;/q-1;;;. The maximum atomic E-state index is 7.16. The van der Waals surface area contributed by atoms with Crippen molar-refractivity contribution in [1.29, 1.82) is 0 Å². The van der Waals surface area contributed by atoms with Crippen LogP contribution in [0.1, 0.15) is 54.9 Å². The van der Waals surface area contributed by atoms with Gasteiger partial charge in [-0.25, -0.2) is 0 Å². The van der Waals surface area contributed by atoms with Gasteiger partial charge in [0.15, 0.2) is 0 Å². The minimum Gasteiger partial charge on any atom is -0.702 e. The van der Waals surface area contributed by atoms with Crippen molar-refractivity contribution in [3.05, 3.63) is 17.0 Å². The Balaban J connectivity index is -0.0000000560. The third-order valence-corrected chi connectivity index (χ3v) is 0.957. The molecule has 0 rings (SSSR count). The van der Waals surface area contributed by atoms with Crippen molar-refractivity contribution in [1.82, 2.24) is 0 Å². The molecule has 0 spiro atoms. The Bertz CT molecular complexity index is 83.8. The van der Waals surface area contributed by atoms with E-state index in [1.165, 1.54) is 0 Å². The van der Waals surface area contributed by atoms with Gasteiger partial charge >= 0.3 is 0 Å². The SMILES string of the molecule is CC.CC.CCC([NH-])=C(C)C.[V]. The topological polar surface area (TPSA) is 23.8 Å². The fourth-order valence-corrected chi connectivity index (χ4v) is 0.354. The Labute approximate surface area is 90.7 Å². The molecule has 0 aliphatic carbocycles. The smallest absolute Gasteiger partial charge is 0 e. The van der Waals surface area contributed by atoms with Gasteiger partial charge in [-0.15, -0.1) is 0 Å². The van der Waals surface area contributed by atoms with Gasteiger partial charge in [0.2, 0.25) is 0 Å². The summed E-state index contributed by atoms with van der Waals surface area (Å²) in [6, 6.07) is 0. The van der Waals surface area contributed by atoms with Crippen LogP contribution >= 0.6 is 0 Å². The van der Waals surface area contributed by atoms with Crippen molar-refractivity contribution in [3.8, 4) is 0 Å². The third kappa shape index (κ3) is 22.5. The molecule has 0 saturated carbocycles. The van der Waals surface area contributed by atoms with E-state index in [1.807, 2.05) is 48.5 Å². The Morgan fingerprint density at radius 3 is 1.25 bits per heavy atom. The van der Waals surface area contributed by atoms with E-state index in [2.05, 4.69) is 0 Å². The van der Waals surface area contributed by atoms with Gasteiger partial charge in [0, 0.05) is 18.6 Å². The van der Waals surface area contributed by atoms with Crippen LogP contribution in [-0.4, -0.2) is 0 Å². The number of nitrogens with one attached hydrogen (secondary N) is 1. The van der Waals surface area contributed by atoms with Crippen molar-refractivity contribution in [3.63, 3.8) is 0 Å². The molecular formula is C10H24NV-. The van der Waals surface area contributed by atoms with Crippen LogP contribution < -0.4 is 0 Å². The van der Waals surface area contributed by atoms with E-state index in [1.54, 1.807) is 0 Å². The first-order valence-electron chi connectivity index (χ1n) is 4.56. The molecule has 0 aromatic rings. The van der Waals surface area contributed by atoms with E-state index in [9.17, 15) is 0 Å². The molecule has 2 heteroatoms. The zero-order valence-corrected chi connectivity index (χ0v) is 11.1. The average Bonchev–Trinajstić information content (AvgIpc) is 2.10. The van der Waals surface area contributed by atoms with Crippen LogP contribution in [0, 0.1) is 0 Å². The molecule has 0 aliphatic heterocycles. The van der Waals surface area contributed by atoms with Crippen molar-refractivity contribution >= 4 is 0 Å². The monoisotopic (exact) mass is 209 g/mol. The minimum absolute atomic E-state index is 0. The fraction of sp³-hybridized carbons (Fsp3) is 0.800. The summed E-state index contributed by atoms with van der Waals surface area (Å²) in [7, 11) is 0.